The zero-order valence-electron chi connectivity index (χ0n) is 58.7. The van der Waals surface area contributed by atoms with Gasteiger partial charge in [0.25, 0.3) is 0 Å². The van der Waals surface area contributed by atoms with Crippen LogP contribution in [0.4, 0.5) is 4.79 Å². The number of rotatable bonds is 55. The number of amides is 2. The van der Waals surface area contributed by atoms with Crippen LogP contribution in [0, 0.1) is 0 Å². The minimum atomic E-state index is -1.07. The van der Waals surface area contributed by atoms with Crippen LogP contribution in [0.15, 0.2) is 121 Å². The van der Waals surface area contributed by atoms with Gasteiger partial charge in [0, 0.05) is 30.9 Å². The van der Waals surface area contributed by atoms with Crippen molar-refractivity contribution in [2.45, 2.75) is 289 Å². The second kappa shape index (κ2) is 50.9. The van der Waals surface area contributed by atoms with Crippen LogP contribution in [-0.2, 0) is 83.4 Å². The number of alkyl carbamates (subject to hydrolysis) is 1. The third-order valence-corrected chi connectivity index (χ3v) is 18.0. The molecule has 4 aromatic carbocycles. The van der Waals surface area contributed by atoms with Crippen molar-refractivity contribution in [2.24, 2.45) is 0 Å². The van der Waals surface area contributed by atoms with Gasteiger partial charge in [0.05, 0.1) is 39.6 Å². The first-order valence-corrected chi connectivity index (χ1v) is 37.6. The highest BCUT2D eigenvalue weighted by Gasteiger charge is 2.51. The Morgan fingerprint density at radius 2 is 0.926 bits per heavy atom. The van der Waals surface area contributed by atoms with E-state index >= 15 is 0 Å². The van der Waals surface area contributed by atoms with Gasteiger partial charge in [0.2, 0.25) is 5.91 Å². The first-order valence-electron chi connectivity index (χ1n) is 36.5. The maximum atomic E-state index is 14.3. The van der Waals surface area contributed by atoms with Gasteiger partial charge in [-0.05, 0) is 55.9 Å². The van der Waals surface area contributed by atoms with Gasteiger partial charge in [0.15, 0.2) is 6.29 Å². The van der Waals surface area contributed by atoms with E-state index in [0.717, 1.165) is 60.8 Å². The van der Waals surface area contributed by atoms with Gasteiger partial charge in [-0.1, -0.05) is 289 Å². The number of nitrogens with one attached hydrogen (secondary N) is 2. The maximum absolute atomic E-state index is 14.3. The van der Waals surface area contributed by atoms with E-state index in [1.807, 2.05) is 121 Å². The molecule has 1 saturated heterocycles. The third kappa shape index (κ3) is 37.8. The summed E-state index contributed by atoms with van der Waals surface area (Å²) in [6.07, 6.45) is 26.5. The molecule has 1 aliphatic heterocycles. The first kappa shape index (κ1) is 80.4. The largest absolute Gasteiger partial charge is 0.462 e. The Morgan fingerprint density at radius 3 is 1.40 bits per heavy atom. The van der Waals surface area contributed by atoms with E-state index in [-0.39, 0.29) is 76.1 Å². The molecule has 1 aliphatic rings. The summed E-state index contributed by atoms with van der Waals surface area (Å²) in [4.78, 5) is 54.3. The molecule has 16 heteroatoms. The number of benzene rings is 4. The van der Waals surface area contributed by atoms with Crippen LogP contribution < -0.4 is 10.6 Å². The summed E-state index contributed by atoms with van der Waals surface area (Å²) in [6.45, 7) is 11.0. The SMILES string of the molecule is CCCCCCCCCCCCCCCC(=O)OC[C@H](CSC[C@H](NC(=O)OC(C)(C)C)C(=O)NCCO[C@H]1O[C@@H]([C@@H](COCc2ccccc2)OCc2ccccc2)[C@H](OCc2ccccc2)[C@H]1OCc1ccccc1)OC(=O)CCCCCCCCCCCCCCC. The summed E-state index contributed by atoms with van der Waals surface area (Å²) in [7, 11) is 0. The van der Waals surface area contributed by atoms with Crippen molar-refractivity contribution in [2.75, 3.05) is 37.9 Å². The van der Waals surface area contributed by atoms with Gasteiger partial charge >= 0.3 is 18.0 Å². The van der Waals surface area contributed by atoms with E-state index in [9.17, 15) is 19.2 Å². The van der Waals surface area contributed by atoms with Crippen LogP contribution >= 0.6 is 11.8 Å². The summed E-state index contributed by atoms with van der Waals surface area (Å²) >= 11 is 1.31. The fourth-order valence-electron chi connectivity index (χ4n) is 11.5. The molecule has 4 aromatic rings. The normalized spacial score (nSPS) is 16.4. The van der Waals surface area contributed by atoms with Crippen molar-refractivity contribution in [3.8, 4) is 0 Å². The first-order chi connectivity index (χ1) is 46.4. The van der Waals surface area contributed by atoms with Crippen molar-refractivity contribution >= 4 is 35.7 Å². The molecule has 2 amide bonds. The minimum Gasteiger partial charge on any atom is -0.462 e. The third-order valence-electron chi connectivity index (χ3n) is 16.8. The van der Waals surface area contributed by atoms with Crippen molar-refractivity contribution in [3.05, 3.63) is 144 Å². The van der Waals surface area contributed by atoms with Crippen molar-refractivity contribution < 1.29 is 61.8 Å². The molecule has 0 aliphatic carbocycles. The van der Waals surface area contributed by atoms with Crippen molar-refractivity contribution in [1.82, 2.24) is 10.6 Å². The topological polar surface area (TPSA) is 175 Å². The number of hydrogen-bond acceptors (Lipinski definition) is 14. The van der Waals surface area contributed by atoms with Crippen molar-refractivity contribution in [3.63, 3.8) is 0 Å². The van der Waals surface area contributed by atoms with E-state index in [4.69, 9.17) is 42.6 Å². The molecule has 0 aromatic heterocycles. The Morgan fingerprint density at radius 1 is 0.495 bits per heavy atom. The molecule has 1 heterocycles. The molecule has 95 heavy (non-hydrogen) atoms. The molecular formula is C79H120N2O13S. The van der Waals surface area contributed by atoms with Crippen molar-refractivity contribution in [1.29, 1.82) is 0 Å². The van der Waals surface area contributed by atoms with Gasteiger partial charge in [0.1, 0.15) is 48.8 Å². The van der Waals surface area contributed by atoms with E-state index < -0.39 is 60.5 Å². The number of carbonyl (C=O) groups excluding carboxylic acids is 4. The lowest BCUT2D eigenvalue weighted by Gasteiger charge is -2.29. The zero-order valence-corrected chi connectivity index (χ0v) is 59.5. The van der Waals surface area contributed by atoms with Crippen LogP contribution in [0.1, 0.15) is 237 Å². The molecule has 5 rings (SSSR count). The summed E-state index contributed by atoms with van der Waals surface area (Å²) in [5.74, 6) is -0.855. The molecule has 2 N–H and O–H groups in total. The minimum absolute atomic E-state index is 0.00592. The maximum Gasteiger partial charge on any atom is 0.408 e. The zero-order chi connectivity index (χ0) is 67.7. The standard InChI is InChI=1S/C79H120N2O13S/c1-6-8-10-12-14-16-18-20-22-24-26-28-42-52-71(82)89-60-68(92-72(83)53-43-29-27-25-23-21-19-17-15-13-11-9-7-2)62-95-63-69(81-78(85)94-79(3,4)5)76(84)80-54-55-87-77-75(91-59-67-50-40-33-41-51-67)74(90-58-66-48-38-32-39-49-66)73(93-77)70(88-57-65-46-36-31-37-47-65)61-86-56-64-44-34-30-35-45-64/h30-41,44-51,68-70,73-75,77H,6-29,42-43,52-63H2,1-5H3,(H,80,84)(H,81,85)/t68-,69+,70-,73+,74+,75-,77+/m1/s1. The molecule has 15 nitrogen and oxygen atoms in total. The van der Waals surface area contributed by atoms with Crippen LogP contribution in [-0.4, -0.2) is 110 Å². The number of carbonyl (C=O) groups is 4. The molecule has 7 atom stereocenters. The average Bonchev–Trinajstić information content (AvgIpc) is 1.65. The van der Waals surface area contributed by atoms with Gasteiger partial charge < -0.3 is 53.3 Å². The molecule has 1 fully saturated rings. The number of thioether (sulfide) groups is 1. The Bertz CT molecular complexity index is 2560. The molecule has 530 valence electrons. The van der Waals surface area contributed by atoms with Crippen LogP contribution in [0.5, 0.6) is 0 Å². The molecule has 0 spiro atoms. The highest BCUT2D eigenvalue weighted by Crippen LogP contribution is 2.33. The van der Waals surface area contributed by atoms with Gasteiger partial charge in [-0.25, -0.2) is 4.79 Å². The van der Waals surface area contributed by atoms with Gasteiger partial charge in [-0.3, -0.25) is 14.4 Å². The predicted molar refractivity (Wildman–Crippen MR) is 381 cm³/mol. The lowest BCUT2D eigenvalue weighted by atomic mass is 10.0. The molecular weight excluding hydrogens is 1220 g/mol. The predicted octanol–water partition coefficient (Wildman–Crippen LogP) is 17.9. The lowest BCUT2D eigenvalue weighted by molar-refractivity contribution is -0.197. The van der Waals surface area contributed by atoms with Gasteiger partial charge in [-0.2, -0.15) is 11.8 Å². The lowest BCUT2D eigenvalue weighted by Crippen LogP contribution is -2.50. The highest BCUT2D eigenvalue weighted by atomic mass is 32.2. The Hall–Kier alpha value is -5.33. The van der Waals surface area contributed by atoms with E-state index in [1.54, 1.807) is 20.8 Å². The molecule has 0 saturated carbocycles. The number of hydrogen-bond donors (Lipinski definition) is 2. The fraction of sp³-hybridized carbons (Fsp3) is 0.646. The average molecular weight is 1340 g/mol. The molecule has 0 bridgehead atoms. The van der Waals surface area contributed by atoms with Crippen LogP contribution in [0.3, 0.4) is 0 Å². The number of ether oxygens (including phenoxy) is 9. The fourth-order valence-corrected chi connectivity index (χ4v) is 12.5. The Kier molecular flexibility index (Phi) is 43.1. The Balaban J connectivity index is 1.22. The second-order valence-electron chi connectivity index (χ2n) is 26.5. The van der Waals surface area contributed by atoms with Gasteiger partial charge in [-0.15, -0.1) is 0 Å². The number of esters is 2. The Labute approximate surface area is 576 Å². The monoisotopic (exact) mass is 1340 g/mol. The summed E-state index contributed by atoms with van der Waals surface area (Å²) in [5.41, 5.74) is 3.07. The quantitative estimate of drug-likeness (QED) is 0.0243. The smallest absolute Gasteiger partial charge is 0.408 e. The molecule has 0 unspecified atom stereocenters. The van der Waals surface area contributed by atoms with Crippen LogP contribution in [0.25, 0.3) is 0 Å². The van der Waals surface area contributed by atoms with E-state index in [2.05, 4.69) is 24.5 Å². The molecule has 0 radical (unpaired) electrons. The van der Waals surface area contributed by atoms with Crippen LogP contribution in [0.2, 0.25) is 0 Å². The second-order valence-corrected chi connectivity index (χ2v) is 27.6. The highest BCUT2D eigenvalue weighted by molar-refractivity contribution is 7.99. The van der Waals surface area contributed by atoms with E-state index in [1.165, 1.54) is 134 Å². The summed E-state index contributed by atoms with van der Waals surface area (Å²) < 4.78 is 57.6. The summed E-state index contributed by atoms with van der Waals surface area (Å²) in [5, 5.41) is 5.74. The number of unbranched alkanes of at least 4 members (excludes halogenated alkanes) is 24. The summed E-state index contributed by atoms with van der Waals surface area (Å²) in [6, 6.07) is 38.6. The van der Waals surface area contributed by atoms with E-state index in [0.29, 0.717) is 19.4 Å².